The van der Waals surface area contributed by atoms with E-state index < -0.39 is 0 Å². The standard InChI is InChI=1S/C21H27NO3/c1-24-16-15-22(14-8-13-19-9-4-2-5-10-19)21(23)18-25-17-20-11-6-3-7-12-20/h2-7,9-12H,8,13-18H2,1H3. The molecule has 0 N–H and O–H groups in total. The second-order valence-corrected chi connectivity index (χ2v) is 5.94. The summed E-state index contributed by atoms with van der Waals surface area (Å²) in [6.45, 7) is 2.40. The van der Waals surface area contributed by atoms with Crippen LogP contribution in [0.25, 0.3) is 0 Å². The quantitative estimate of drug-likeness (QED) is 0.629. The van der Waals surface area contributed by atoms with E-state index in [1.807, 2.05) is 53.4 Å². The lowest BCUT2D eigenvalue weighted by Crippen LogP contribution is -2.37. The van der Waals surface area contributed by atoms with Crippen LogP contribution >= 0.6 is 0 Å². The summed E-state index contributed by atoms with van der Waals surface area (Å²) in [6, 6.07) is 20.2. The number of carbonyl (C=O) groups is 1. The molecule has 0 aliphatic carbocycles. The van der Waals surface area contributed by atoms with Crippen LogP contribution in [0, 0.1) is 0 Å². The van der Waals surface area contributed by atoms with Crippen LogP contribution in [-0.4, -0.2) is 44.2 Å². The molecule has 0 radical (unpaired) electrons. The van der Waals surface area contributed by atoms with Gasteiger partial charge in [0.15, 0.2) is 0 Å². The summed E-state index contributed by atoms with van der Waals surface area (Å²) in [5.74, 6) is 0.0149. The van der Waals surface area contributed by atoms with Crippen LogP contribution in [-0.2, 0) is 27.3 Å². The molecule has 4 heteroatoms. The van der Waals surface area contributed by atoms with E-state index in [1.165, 1.54) is 5.56 Å². The fourth-order valence-corrected chi connectivity index (χ4v) is 2.60. The number of nitrogens with zero attached hydrogens (tertiary/aromatic N) is 1. The Morgan fingerprint density at radius 1 is 0.920 bits per heavy atom. The number of hydrogen-bond acceptors (Lipinski definition) is 3. The molecular weight excluding hydrogens is 314 g/mol. The summed E-state index contributed by atoms with van der Waals surface area (Å²) in [7, 11) is 1.65. The highest BCUT2D eigenvalue weighted by Gasteiger charge is 2.13. The maximum absolute atomic E-state index is 12.4. The van der Waals surface area contributed by atoms with Crippen LogP contribution in [0.2, 0.25) is 0 Å². The Morgan fingerprint density at radius 2 is 1.56 bits per heavy atom. The zero-order chi connectivity index (χ0) is 17.7. The predicted octanol–water partition coefficient (Wildman–Crippen LogP) is 3.31. The summed E-state index contributed by atoms with van der Waals surface area (Å²) in [5.41, 5.74) is 2.37. The number of benzene rings is 2. The molecule has 2 aromatic rings. The van der Waals surface area contributed by atoms with Crippen molar-refractivity contribution in [1.29, 1.82) is 0 Å². The molecule has 0 atom stereocenters. The molecule has 134 valence electrons. The molecule has 2 rings (SSSR count). The van der Waals surface area contributed by atoms with Gasteiger partial charge in [0.05, 0.1) is 13.2 Å². The second kappa shape index (κ2) is 11.4. The van der Waals surface area contributed by atoms with Gasteiger partial charge in [0.25, 0.3) is 0 Å². The van der Waals surface area contributed by atoms with Crippen LogP contribution in [0.3, 0.4) is 0 Å². The maximum Gasteiger partial charge on any atom is 0.248 e. The van der Waals surface area contributed by atoms with Crippen LogP contribution in [0.15, 0.2) is 60.7 Å². The molecule has 25 heavy (non-hydrogen) atoms. The van der Waals surface area contributed by atoms with Gasteiger partial charge >= 0.3 is 0 Å². The van der Waals surface area contributed by atoms with Gasteiger partial charge in [-0.1, -0.05) is 60.7 Å². The second-order valence-electron chi connectivity index (χ2n) is 5.94. The third-order valence-corrected chi connectivity index (χ3v) is 3.99. The molecule has 0 spiro atoms. The van der Waals surface area contributed by atoms with Gasteiger partial charge in [-0.2, -0.15) is 0 Å². The van der Waals surface area contributed by atoms with Crippen molar-refractivity contribution in [2.24, 2.45) is 0 Å². The lowest BCUT2D eigenvalue weighted by molar-refractivity contribution is -0.137. The van der Waals surface area contributed by atoms with Crippen LogP contribution < -0.4 is 0 Å². The van der Waals surface area contributed by atoms with Gasteiger partial charge in [-0.3, -0.25) is 4.79 Å². The number of carbonyl (C=O) groups excluding carboxylic acids is 1. The number of hydrogen-bond donors (Lipinski definition) is 0. The number of methoxy groups -OCH3 is 1. The van der Waals surface area contributed by atoms with E-state index in [4.69, 9.17) is 9.47 Å². The third kappa shape index (κ3) is 7.50. The van der Waals surface area contributed by atoms with Crippen molar-refractivity contribution in [2.45, 2.75) is 19.4 Å². The highest BCUT2D eigenvalue weighted by molar-refractivity contribution is 5.77. The van der Waals surface area contributed by atoms with Crippen LogP contribution in [0.1, 0.15) is 17.5 Å². The minimum absolute atomic E-state index is 0.0149. The fraction of sp³-hybridized carbons (Fsp3) is 0.381. The average molecular weight is 341 g/mol. The van der Waals surface area contributed by atoms with E-state index in [0.717, 1.165) is 18.4 Å². The summed E-state index contributed by atoms with van der Waals surface area (Å²) < 4.78 is 10.7. The largest absolute Gasteiger partial charge is 0.383 e. The van der Waals surface area contributed by atoms with Gasteiger partial charge < -0.3 is 14.4 Å². The molecule has 0 aromatic heterocycles. The number of amides is 1. The van der Waals surface area contributed by atoms with E-state index in [1.54, 1.807) is 7.11 Å². The van der Waals surface area contributed by atoms with Crippen molar-refractivity contribution >= 4 is 5.91 Å². The van der Waals surface area contributed by atoms with Crippen molar-refractivity contribution in [1.82, 2.24) is 4.90 Å². The van der Waals surface area contributed by atoms with E-state index in [0.29, 0.717) is 26.3 Å². The lowest BCUT2D eigenvalue weighted by Gasteiger charge is -2.22. The van der Waals surface area contributed by atoms with Gasteiger partial charge in [-0.25, -0.2) is 0 Å². The van der Waals surface area contributed by atoms with Gasteiger partial charge in [0.1, 0.15) is 6.61 Å². The predicted molar refractivity (Wildman–Crippen MR) is 99.3 cm³/mol. The molecule has 0 aliphatic rings. The molecule has 4 nitrogen and oxygen atoms in total. The van der Waals surface area contributed by atoms with Crippen molar-refractivity contribution in [3.8, 4) is 0 Å². The monoisotopic (exact) mass is 341 g/mol. The zero-order valence-corrected chi connectivity index (χ0v) is 14.9. The minimum Gasteiger partial charge on any atom is -0.383 e. The van der Waals surface area contributed by atoms with Gasteiger partial charge in [0.2, 0.25) is 5.91 Å². The molecule has 0 fully saturated rings. The SMILES string of the molecule is COCCN(CCCc1ccccc1)C(=O)COCc1ccccc1. The molecule has 0 unspecified atom stereocenters. The first-order chi connectivity index (χ1) is 12.3. The smallest absolute Gasteiger partial charge is 0.248 e. The van der Waals surface area contributed by atoms with E-state index >= 15 is 0 Å². The van der Waals surface area contributed by atoms with E-state index in [9.17, 15) is 4.79 Å². The number of ether oxygens (including phenoxy) is 2. The molecule has 1 amide bonds. The Balaban J connectivity index is 1.75. The van der Waals surface area contributed by atoms with Crippen molar-refractivity contribution < 1.29 is 14.3 Å². The topological polar surface area (TPSA) is 38.8 Å². The molecule has 0 bridgehead atoms. The number of rotatable bonds is 11. The summed E-state index contributed by atoms with van der Waals surface area (Å²) >= 11 is 0. The van der Waals surface area contributed by atoms with E-state index in [-0.39, 0.29) is 12.5 Å². The Hall–Kier alpha value is -2.17. The van der Waals surface area contributed by atoms with Crippen molar-refractivity contribution in [3.63, 3.8) is 0 Å². The Labute approximate surface area is 150 Å². The summed E-state index contributed by atoms with van der Waals surface area (Å²) in [6.07, 6.45) is 1.89. The molecule has 0 saturated carbocycles. The Bertz CT molecular complexity index is 601. The first-order valence-electron chi connectivity index (χ1n) is 8.72. The maximum atomic E-state index is 12.4. The lowest BCUT2D eigenvalue weighted by atomic mass is 10.1. The highest BCUT2D eigenvalue weighted by atomic mass is 16.5. The summed E-state index contributed by atoms with van der Waals surface area (Å²) in [4.78, 5) is 14.3. The molecular formula is C21H27NO3. The van der Waals surface area contributed by atoms with Crippen molar-refractivity contribution in [3.05, 3.63) is 71.8 Å². The van der Waals surface area contributed by atoms with Gasteiger partial charge in [-0.15, -0.1) is 0 Å². The van der Waals surface area contributed by atoms with Crippen LogP contribution in [0.5, 0.6) is 0 Å². The first-order valence-corrected chi connectivity index (χ1v) is 8.72. The molecule has 0 heterocycles. The van der Waals surface area contributed by atoms with Gasteiger partial charge in [-0.05, 0) is 24.0 Å². The van der Waals surface area contributed by atoms with Gasteiger partial charge in [0, 0.05) is 20.2 Å². The minimum atomic E-state index is 0.0149. The highest BCUT2D eigenvalue weighted by Crippen LogP contribution is 2.05. The first kappa shape index (κ1) is 19.2. The molecule has 0 saturated heterocycles. The number of aryl methyl sites for hydroxylation is 1. The van der Waals surface area contributed by atoms with Crippen molar-refractivity contribution in [2.75, 3.05) is 33.4 Å². The normalized spacial score (nSPS) is 10.6. The average Bonchev–Trinajstić information content (AvgIpc) is 2.66. The van der Waals surface area contributed by atoms with Crippen LogP contribution in [0.4, 0.5) is 0 Å². The Morgan fingerprint density at radius 3 is 2.20 bits per heavy atom. The molecule has 2 aromatic carbocycles. The van der Waals surface area contributed by atoms with E-state index in [2.05, 4.69) is 12.1 Å². The molecule has 0 aliphatic heterocycles. The fourth-order valence-electron chi connectivity index (χ4n) is 2.60. The Kier molecular flexibility index (Phi) is 8.73. The summed E-state index contributed by atoms with van der Waals surface area (Å²) in [5, 5.41) is 0. The zero-order valence-electron chi connectivity index (χ0n) is 14.9. The third-order valence-electron chi connectivity index (χ3n) is 3.99.